The number of ether oxygens (including phenoxy) is 4. The molecule has 30 heavy (non-hydrogen) atoms. The monoisotopic (exact) mass is 466 g/mol. The molecule has 2 aliphatic heterocycles. The van der Waals surface area contributed by atoms with Crippen molar-refractivity contribution < 1.29 is 18.9 Å². The van der Waals surface area contributed by atoms with Crippen LogP contribution in [0.2, 0.25) is 0 Å². The van der Waals surface area contributed by atoms with Gasteiger partial charge in [0.05, 0.1) is 24.4 Å². The SMILES string of the molecule is COc1ccc(Br)cc1C1c2c(n[nH]c2-c2ccc3c(c2)OCO3)OC(=N)C1C#N. The van der Waals surface area contributed by atoms with E-state index in [4.69, 9.17) is 24.4 Å². The van der Waals surface area contributed by atoms with Crippen molar-refractivity contribution in [1.82, 2.24) is 10.2 Å². The molecule has 9 heteroatoms. The first-order valence-corrected chi connectivity index (χ1v) is 9.87. The number of hydrogen-bond donors (Lipinski definition) is 2. The number of aromatic nitrogens is 2. The van der Waals surface area contributed by atoms with Gasteiger partial charge in [-0.2, -0.15) is 5.26 Å². The van der Waals surface area contributed by atoms with E-state index in [9.17, 15) is 5.26 Å². The van der Waals surface area contributed by atoms with E-state index in [1.54, 1.807) is 7.11 Å². The van der Waals surface area contributed by atoms with E-state index in [-0.39, 0.29) is 18.6 Å². The molecule has 8 nitrogen and oxygen atoms in total. The first-order chi connectivity index (χ1) is 14.6. The molecule has 3 heterocycles. The first-order valence-electron chi connectivity index (χ1n) is 9.08. The molecular weight excluding hydrogens is 452 g/mol. The van der Waals surface area contributed by atoms with Crippen molar-refractivity contribution in [2.24, 2.45) is 5.92 Å². The Morgan fingerprint density at radius 3 is 2.87 bits per heavy atom. The van der Waals surface area contributed by atoms with Crippen molar-refractivity contribution in [3.8, 4) is 40.5 Å². The van der Waals surface area contributed by atoms with Crippen LogP contribution < -0.4 is 18.9 Å². The molecule has 2 aromatic carbocycles. The van der Waals surface area contributed by atoms with Crippen LogP contribution in [-0.2, 0) is 0 Å². The Morgan fingerprint density at radius 1 is 1.23 bits per heavy atom. The van der Waals surface area contributed by atoms with Crippen LogP contribution in [0, 0.1) is 22.7 Å². The third kappa shape index (κ3) is 2.80. The zero-order valence-corrected chi connectivity index (χ0v) is 17.3. The molecule has 0 aliphatic carbocycles. The first kappa shape index (κ1) is 18.5. The summed E-state index contributed by atoms with van der Waals surface area (Å²) in [6, 6.07) is 13.4. The summed E-state index contributed by atoms with van der Waals surface area (Å²) in [7, 11) is 1.58. The van der Waals surface area contributed by atoms with Gasteiger partial charge < -0.3 is 18.9 Å². The Balaban J connectivity index is 1.73. The Hall–Kier alpha value is -3.51. The molecule has 2 unspecified atom stereocenters. The Kier molecular flexibility index (Phi) is 4.37. The largest absolute Gasteiger partial charge is 0.496 e. The van der Waals surface area contributed by atoms with Gasteiger partial charge in [-0.15, -0.1) is 5.10 Å². The summed E-state index contributed by atoms with van der Waals surface area (Å²) in [6.07, 6.45) is 0. The van der Waals surface area contributed by atoms with Crippen molar-refractivity contribution >= 4 is 21.8 Å². The van der Waals surface area contributed by atoms with E-state index in [0.717, 1.165) is 15.6 Å². The second-order valence-electron chi connectivity index (χ2n) is 6.82. The number of H-pyrrole nitrogens is 1. The van der Waals surface area contributed by atoms with Crippen molar-refractivity contribution in [2.45, 2.75) is 5.92 Å². The minimum Gasteiger partial charge on any atom is -0.496 e. The van der Waals surface area contributed by atoms with Crippen LogP contribution in [0.4, 0.5) is 0 Å². The minimum atomic E-state index is -0.842. The minimum absolute atomic E-state index is 0.152. The number of aromatic amines is 1. The number of hydrogen-bond acceptors (Lipinski definition) is 7. The highest BCUT2D eigenvalue weighted by Crippen LogP contribution is 2.49. The lowest BCUT2D eigenvalue weighted by Crippen LogP contribution is -2.31. The summed E-state index contributed by atoms with van der Waals surface area (Å²) in [6.45, 7) is 0.175. The molecule has 0 saturated carbocycles. The molecule has 1 aromatic heterocycles. The third-order valence-electron chi connectivity index (χ3n) is 5.23. The number of fused-ring (bicyclic) bond motifs is 2. The van der Waals surface area contributed by atoms with Crippen LogP contribution in [0.1, 0.15) is 17.0 Å². The molecule has 0 fully saturated rings. The van der Waals surface area contributed by atoms with E-state index in [0.29, 0.717) is 28.5 Å². The Morgan fingerprint density at radius 2 is 2.07 bits per heavy atom. The molecule has 0 saturated heterocycles. The summed E-state index contributed by atoms with van der Waals surface area (Å²) in [5.74, 6) is 0.678. The molecule has 2 aliphatic rings. The molecule has 150 valence electrons. The molecular formula is C21H15BrN4O4. The van der Waals surface area contributed by atoms with E-state index in [1.165, 1.54) is 0 Å². The maximum Gasteiger partial charge on any atom is 0.244 e. The van der Waals surface area contributed by atoms with E-state index < -0.39 is 11.8 Å². The average molecular weight is 467 g/mol. The highest BCUT2D eigenvalue weighted by Gasteiger charge is 2.42. The molecule has 5 rings (SSSR count). The quantitative estimate of drug-likeness (QED) is 0.597. The molecule has 0 radical (unpaired) electrons. The second kappa shape index (κ2) is 7.07. The van der Waals surface area contributed by atoms with Crippen LogP contribution in [0.25, 0.3) is 11.3 Å². The van der Waals surface area contributed by atoms with Gasteiger partial charge in [0, 0.05) is 21.5 Å². The van der Waals surface area contributed by atoms with Crippen LogP contribution >= 0.6 is 15.9 Å². The van der Waals surface area contributed by atoms with Crippen molar-refractivity contribution in [3.05, 3.63) is 52.0 Å². The predicted octanol–water partition coefficient (Wildman–Crippen LogP) is 4.22. The fraction of sp³-hybridized carbons (Fsp3) is 0.190. The molecule has 0 amide bonds. The topological polar surface area (TPSA) is 113 Å². The zero-order valence-electron chi connectivity index (χ0n) is 15.7. The fourth-order valence-corrected chi connectivity index (χ4v) is 4.25. The van der Waals surface area contributed by atoms with Crippen LogP contribution in [0.15, 0.2) is 40.9 Å². The molecule has 2 N–H and O–H groups in total. The van der Waals surface area contributed by atoms with Crippen molar-refractivity contribution in [2.75, 3.05) is 13.9 Å². The van der Waals surface area contributed by atoms with Gasteiger partial charge >= 0.3 is 0 Å². The Labute approximate surface area is 180 Å². The van der Waals surface area contributed by atoms with Crippen LogP contribution in [0.3, 0.4) is 0 Å². The lowest BCUT2D eigenvalue weighted by atomic mass is 9.78. The number of methoxy groups -OCH3 is 1. The zero-order chi connectivity index (χ0) is 20.8. The molecule has 0 bridgehead atoms. The normalized spacial score (nSPS) is 19.0. The lowest BCUT2D eigenvalue weighted by Gasteiger charge is -2.29. The van der Waals surface area contributed by atoms with E-state index in [2.05, 4.69) is 32.2 Å². The predicted molar refractivity (Wildman–Crippen MR) is 110 cm³/mol. The van der Waals surface area contributed by atoms with Gasteiger partial charge in [-0.25, -0.2) is 0 Å². The number of benzene rings is 2. The molecule has 2 atom stereocenters. The summed E-state index contributed by atoms with van der Waals surface area (Å²) in [5.41, 5.74) is 2.94. The highest BCUT2D eigenvalue weighted by atomic mass is 79.9. The maximum atomic E-state index is 9.89. The standard InChI is InChI=1S/C21H15BrN4O4/c1-27-14-5-3-11(22)7-12(14)17-13(8-23)20(24)30-21-18(17)19(25-26-21)10-2-4-15-16(6-10)29-9-28-15/h2-7,13,17,24H,9H2,1H3,(H,25,26). The summed E-state index contributed by atoms with van der Waals surface area (Å²) in [5, 5.41) is 25.4. The highest BCUT2D eigenvalue weighted by molar-refractivity contribution is 9.10. The number of nitriles is 1. The summed E-state index contributed by atoms with van der Waals surface area (Å²) < 4.78 is 22.9. The van der Waals surface area contributed by atoms with E-state index >= 15 is 0 Å². The number of rotatable bonds is 3. The van der Waals surface area contributed by atoms with Gasteiger partial charge in [0.15, 0.2) is 11.5 Å². The molecule has 3 aromatic rings. The van der Waals surface area contributed by atoms with Crippen LogP contribution in [-0.4, -0.2) is 30.0 Å². The molecule has 0 spiro atoms. The fourth-order valence-electron chi connectivity index (χ4n) is 3.87. The second-order valence-corrected chi connectivity index (χ2v) is 7.74. The lowest BCUT2D eigenvalue weighted by molar-refractivity contribution is 0.174. The van der Waals surface area contributed by atoms with Gasteiger partial charge in [0.2, 0.25) is 18.6 Å². The van der Waals surface area contributed by atoms with Crippen LogP contribution in [0.5, 0.6) is 23.1 Å². The van der Waals surface area contributed by atoms with Crippen molar-refractivity contribution in [1.29, 1.82) is 10.7 Å². The van der Waals surface area contributed by atoms with Gasteiger partial charge in [-0.3, -0.25) is 10.5 Å². The third-order valence-corrected chi connectivity index (χ3v) is 5.72. The number of nitrogens with one attached hydrogen (secondary N) is 2. The maximum absolute atomic E-state index is 9.89. The Bertz CT molecular complexity index is 1220. The number of halogens is 1. The average Bonchev–Trinajstić information content (AvgIpc) is 3.38. The van der Waals surface area contributed by atoms with E-state index in [1.807, 2.05) is 36.4 Å². The summed E-state index contributed by atoms with van der Waals surface area (Å²) in [4.78, 5) is 0. The van der Waals surface area contributed by atoms with Gasteiger partial charge in [-0.1, -0.05) is 15.9 Å². The number of nitrogens with zero attached hydrogens (tertiary/aromatic N) is 2. The summed E-state index contributed by atoms with van der Waals surface area (Å²) >= 11 is 3.50. The van der Waals surface area contributed by atoms with Gasteiger partial charge in [0.25, 0.3) is 0 Å². The van der Waals surface area contributed by atoms with Gasteiger partial charge in [0.1, 0.15) is 11.7 Å². The smallest absolute Gasteiger partial charge is 0.244 e. The van der Waals surface area contributed by atoms with Crippen molar-refractivity contribution in [3.63, 3.8) is 0 Å². The van der Waals surface area contributed by atoms with Gasteiger partial charge in [-0.05, 0) is 36.4 Å².